The van der Waals surface area contributed by atoms with E-state index in [1.54, 1.807) is 16.8 Å². The Labute approximate surface area is 224 Å². The first-order valence-corrected chi connectivity index (χ1v) is 14.2. The van der Waals surface area contributed by atoms with Crippen molar-refractivity contribution in [2.24, 2.45) is 29.6 Å². The summed E-state index contributed by atoms with van der Waals surface area (Å²) in [4.78, 5) is 34.9. The van der Waals surface area contributed by atoms with Gasteiger partial charge < -0.3 is 10.6 Å². The second kappa shape index (κ2) is 9.73. The smallest absolute Gasteiger partial charge is 0.248 e. The van der Waals surface area contributed by atoms with E-state index < -0.39 is 17.9 Å². The lowest BCUT2D eigenvalue weighted by molar-refractivity contribution is -0.134. The summed E-state index contributed by atoms with van der Waals surface area (Å²) in [5.74, 6) is -5.17. The molecule has 4 saturated carbocycles. The first-order chi connectivity index (χ1) is 18.5. The van der Waals surface area contributed by atoms with E-state index in [0.29, 0.717) is 35.9 Å². The van der Waals surface area contributed by atoms with Crippen LogP contribution in [0.15, 0.2) is 18.5 Å². The molecule has 2 heterocycles. The Morgan fingerprint density at radius 2 is 1.59 bits per heavy atom. The number of carbonyl (C=O) groups excluding carboxylic acids is 2. The van der Waals surface area contributed by atoms with E-state index in [4.69, 9.17) is 9.97 Å². The van der Waals surface area contributed by atoms with Gasteiger partial charge in [0.15, 0.2) is 0 Å². The number of halogens is 4. The van der Waals surface area contributed by atoms with Gasteiger partial charge >= 0.3 is 0 Å². The Bertz CT molecular complexity index is 1240. The molecule has 0 radical (unpaired) electrons. The van der Waals surface area contributed by atoms with Crippen LogP contribution in [-0.2, 0) is 9.59 Å². The Morgan fingerprint density at radius 3 is 2.21 bits per heavy atom. The van der Waals surface area contributed by atoms with Crippen molar-refractivity contribution in [3.63, 3.8) is 0 Å². The number of nitrogens with one attached hydrogen (secondary N) is 2. The second-order valence-electron chi connectivity index (χ2n) is 12.4. The van der Waals surface area contributed by atoms with Gasteiger partial charge in [0.1, 0.15) is 0 Å². The number of hydrogen-bond acceptors (Lipinski definition) is 4. The normalized spacial score (nSPS) is 27.9. The van der Waals surface area contributed by atoms with Crippen LogP contribution in [0.1, 0.15) is 94.6 Å². The van der Waals surface area contributed by atoms with Gasteiger partial charge in [0.05, 0.1) is 23.5 Å². The van der Waals surface area contributed by atoms with Crippen molar-refractivity contribution < 1.29 is 27.2 Å². The first-order valence-electron chi connectivity index (χ1n) is 14.2. The monoisotopic (exact) mass is 549 g/mol. The number of carbonyl (C=O) groups is 2. The minimum atomic E-state index is -2.67. The van der Waals surface area contributed by atoms with E-state index in [1.165, 1.54) is 0 Å². The second-order valence-corrected chi connectivity index (χ2v) is 12.4. The summed E-state index contributed by atoms with van der Waals surface area (Å²) in [6.45, 7) is 2.02. The van der Waals surface area contributed by atoms with Crippen molar-refractivity contribution in [1.29, 1.82) is 0 Å². The number of rotatable bonds is 9. The van der Waals surface area contributed by atoms with Crippen LogP contribution in [0.25, 0.3) is 5.78 Å². The fourth-order valence-corrected chi connectivity index (χ4v) is 6.29. The summed E-state index contributed by atoms with van der Waals surface area (Å²) >= 11 is 0. The van der Waals surface area contributed by atoms with Gasteiger partial charge in [-0.05, 0) is 61.8 Å². The van der Waals surface area contributed by atoms with Crippen molar-refractivity contribution in [2.75, 3.05) is 0 Å². The van der Waals surface area contributed by atoms with Crippen LogP contribution in [0.3, 0.4) is 0 Å². The molecule has 7 nitrogen and oxygen atoms in total. The zero-order valence-electron chi connectivity index (χ0n) is 22.0. The molecule has 6 rings (SSSR count). The standard InChI is InChI=1S/C28H35F4N5O2/c1-15-10-19(15)25(39)36-24(18-4-7-27(29,30)8-5-18)21-14-37-9-6-20(33-26(37)34-21)23(17-2-3-17)35-22(38)11-16-12-28(31,32)13-16/h6,9,14-19,23-24H,2-5,7-8,10-13H2,1H3,(H,35,38)(H,36,39)/t15-,19-,23-,24+/m1/s1. The van der Waals surface area contributed by atoms with Gasteiger partial charge in [0.25, 0.3) is 0 Å². The number of hydrogen-bond donors (Lipinski definition) is 2. The molecule has 2 N–H and O–H groups in total. The number of aromatic nitrogens is 3. The largest absolute Gasteiger partial charge is 0.347 e. The highest BCUT2D eigenvalue weighted by atomic mass is 19.3. The Hall–Kier alpha value is -2.72. The summed E-state index contributed by atoms with van der Waals surface area (Å²) in [6.07, 6.45) is 6.09. The molecule has 2 amide bonds. The van der Waals surface area contributed by atoms with Crippen molar-refractivity contribution in [3.8, 4) is 0 Å². The van der Waals surface area contributed by atoms with Crippen molar-refractivity contribution in [2.45, 2.75) is 95.1 Å². The summed E-state index contributed by atoms with van der Waals surface area (Å²) in [5.41, 5.74) is 1.24. The van der Waals surface area contributed by atoms with Gasteiger partial charge in [-0.25, -0.2) is 27.5 Å². The zero-order valence-corrected chi connectivity index (χ0v) is 22.0. The van der Waals surface area contributed by atoms with Crippen molar-refractivity contribution >= 4 is 17.6 Å². The summed E-state index contributed by atoms with van der Waals surface area (Å²) in [7, 11) is 0. The molecular weight excluding hydrogens is 514 g/mol. The average molecular weight is 550 g/mol. The quantitative estimate of drug-likeness (QED) is 0.412. The summed E-state index contributed by atoms with van der Waals surface area (Å²) < 4.78 is 55.9. The Balaban J connectivity index is 1.20. The lowest BCUT2D eigenvalue weighted by atomic mass is 9.79. The fourth-order valence-electron chi connectivity index (χ4n) is 6.29. The molecule has 4 fully saturated rings. The van der Waals surface area contributed by atoms with Crippen LogP contribution in [-0.4, -0.2) is 38.0 Å². The molecule has 0 spiro atoms. The maximum absolute atomic E-state index is 13.9. The third kappa shape index (κ3) is 5.91. The molecule has 0 unspecified atom stereocenters. The molecule has 11 heteroatoms. The maximum atomic E-state index is 13.9. The van der Waals surface area contributed by atoms with Gasteiger partial charge in [-0.1, -0.05) is 6.92 Å². The van der Waals surface area contributed by atoms with Crippen LogP contribution in [0.5, 0.6) is 0 Å². The summed E-state index contributed by atoms with van der Waals surface area (Å²) in [5, 5.41) is 6.13. The van der Waals surface area contributed by atoms with E-state index in [2.05, 4.69) is 10.6 Å². The number of amides is 2. The van der Waals surface area contributed by atoms with Gasteiger partial charge in [-0.15, -0.1) is 0 Å². The molecule has 39 heavy (non-hydrogen) atoms. The van der Waals surface area contributed by atoms with E-state index in [9.17, 15) is 27.2 Å². The molecule has 4 atom stereocenters. The Kier molecular flexibility index (Phi) is 6.61. The minimum absolute atomic E-state index is 0.0478. The fraction of sp³-hybridized carbons (Fsp3) is 0.714. The zero-order chi connectivity index (χ0) is 27.5. The SMILES string of the molecule is C[C@@H]1C[C@H]1C(=O)N[C@H](c1cn2ccc([C@H](NC(=O)CC3CC(F)(F)C3)C3CC3)nc2n1)C1CCC(F)(F)CC1. The van der Waals surface area contributed by atoms with Crippen LogP contribution in [0.2, 0.25) is 0 Å². The first kappa shape index (κ1) is 26.5. The molecule has 0 saturated heterocycles. The van der Waals surface area contributed by atoms with Gasteiger partial charge in [0, 0.05) is 50.4 Å². The lowest BCUT2D eigenvalue weighted by Gasteiger charge is -2.34. The van der Waals surface area contributed by atoms with Gasteiger partial charge in [-0.3, -0.25) is 14.0 Å². The van der Waals surface area contributed by atoms with E-state index in [0.717, 1.165) is 19.3 Å². The number of alkyl halides is 4. The summed E-state index contributed by atoms with van der Waals surface area (Å²) in [6, 6.07) is 1.02. The third-order valence-electron chi connectivity index (χ3n) is 9.04. The molecule has 0 aromatic carbocycles. The lowest BCUT2D eigenvalue weighted by Crippen LogP contribution is -2.39. The van der Waals surface area contributed by atoms with Crippen molar-refractivity contribution in [1.82, 2.24) is 25.0 Å². The van der Waals surface area contributed by atoms with Gasteiger partial charge in [0.2, 0.25) is 29.4 Å². The topological polar surface area (TPSA) is 88.4 Å². The molecule has 0 bridgehead atoms. The maximum Gasteiger partial charge on any atom is 0.248 e. The minimum Gasteiger partial charge on any atom is -0.347 e. The number of imidazole rings is 1. The predicted octanol–water partition coefficient (Wildman–Crippen LogP) is 5.37. The third-order valence-corrected chi connectivity index (χ3v) is 9.04. The Morgan fingerprint density at radius 1 is 0.974 bits per heavy atom. The van der Waals surface area contributed by atoms with E-state index in [1.807, 2.05) is 13.0 Å². The highest BCUT2D eigenvalue weighted by molar-refractivity contribution is 5.81. The highest BCUT2D eigenvalue weighted by Gasteiger charge is 2.46. The molecular formula is C28H35F4N5O2. The van der Waals surface area contributed by atoms with Crippen LogP contribution >= 0.6 is 0 Å². The van der Waals surface area contributed by atoms with E-state index >= 15 is 0 Å². The molecule has 2 aromatic rings. The van der Waals surface area contributed by atoms with E-state index in [-0.39, 0.29) is 73.6 Å². The molecule has 4 aliphatic carbocycles. The van der Waals surface area contributed by atoms with Gasteiger partial charge in [-0.2, -0.15) is 0 Å². The molecule has 212 valence electrons. The number of nitrogens with zero attached hydrogens (tertiary/aromatic N) is 3. The average Bonchev–Trinajstić information content (AvgIpc) is 3.77. The van der Waals surface area contributed by atoms with Crippen LogP contribution in [0, 0.1) is 29.6 Å². The molecule has 4 aliphatic rings. The van der Waals surface area contributed by atoms with Crippen molar-refractivity contribution in [3.05, 3.63) is 29.8 Å². The predicted molar refractivity (Wildman–Crippen MR) is 134 cm³/mol. The highest BCUT2D eigenvalue weighted by Crippen LogP contribution is 2.46. The molecule has 0 aliphatic heterocycles. The van der Waals surface area contributed by atoms with Crippen LogP contribution in [0.4, 0.5) is 17.6 Å². The van der Waals surface area contributed by atoms with Crippen LogP contribution < -0.4 is 10.6 Å². The molecule has 2 aromatic heterocycles. The number of fused-ring (bicyclic) bond motifs is 1.